The molecule has 0 amide bonds. The summed E-state index contributed by atoms with van der Waals surface area (Å²) in [5.74, 6) is -1.56. The summed E-state index contributed by atoms with van der Waals surface area (Å²) < 4.78 is 47.4. The third kappa shape index (κ3) is 4.42. The van der Waals surface area contributed by atoms with Crippen LogP contribution in [0.25, 0.3) is 5.76 Å². The predicted molar refractivity (Wildman–Crippen MR) is 85.8 cm³/mol. The van der Waals surface area contributed by atoms with E-state index in [-0.39, 0.29) is 16.2 Å². The average Bonchev–Trinajstić information content (AvgIpc) is 2.55. The van der Waals surface area contributed by atoms with Gasteiger partial charge < -0.3 is 8.92 Å². The molecule has 0 fully saturated rings. The van der Waals surface area contributed by atoms with Gasteiger partial charge in [0.1, 0.15) is 10.7 Å². The van der Waals surface area contributed by atoms with Crippen LogP contribution in [0.3, 0.4) is 0 Å². The van der Waals surface area contributed by atoms with Gasteiger partial charge in [0.2, 0.25) is 0 Å². The van der Waals surface area contributed by atoms with Crippen LogP contribution >= 0.6 is 0 Å². The van der Waals surface area contributed by atoms with Crippen molar-refractivity contribution >= 4 is 21.8 Å². The lowest BCUT2D eigenvalue weighted by atomic mass is 10.2. The number of hydrogen-bond donors (Lipinski definition) is 0. The third-order valence-corrected chi connectivity index (χ3v) is 4.34. The molecule has 2 rings (SSSR count). The minimum absolute atomic E-state index is 0.0639. The van der Waals surface area contributed by atoms with Gasteiger partial charge in [0.25, 0.3) is 0 Å². The highest BCUT2D eigenvalue weighted by atomic mass is 32.2. The molecule has 0 atom stereocenters. The second-order valence-corrected chi connectivity index (χ2v) is 6.44. The molecule has 0 N–H and O–H groups in total. The van der Waals surface area contributed by atoms with Crippen molar-refractivity contribution in [3.63, 3.8) is 0 Å². The highest BCUT2D eigenvalue weighted by Crippen LogP contribution is 2.23. The van der Waals surface area contributed by atoms with Crippen LogP contribution in [-0.2, 0) is 23.8 Å². The van der Waals surface area contributed by atoms with Gasteiger partial charge in [-0.1, -0.05) is 17.7 Å². The van der Waals surface area contributed by atoms with Crippen molar-refractivity contribution in [3.8, 4) is 0 Å². The van der Waals surface area contributed by atoms with Gasteiger partial charge in [-0.2, -0.15) is 8.42 Å². The molecule has 2 aromatic rings. The van der Waals surface area contributed by atoms with Gasteiger partial charge in [-0.25, -0.2) is 9.18 Å². The molecule has 0 heterocycles. The Hall–Kier alpha value is -2.67. The Bertz CT molecular complexity index is 853. The lowest BCUT2D eigenvalue weighted by Crippen LogP contribution is -2.08. The molecule has 0 radical (unpaired) electrons. The second-order valence-electron chi connectivity index (χ2n) is 4.89. The molecule has 0 spiro atoms. The molecule has 0 aliphatic rings. The molecule has 5 nitrogen and oxygen atoms in total. The summed E-state index contributed by atoms with van der Waals surface area (Å²) in [7, 11) is -3.01. The van der Waals surface area contributed by atoms with Crippen molar-refractivity contribution in [3.05, 3.63) is 71.6 Å². The summed E-state index contributed by atoms with van der Waals surface area (Å²) in [6.45, 7) is 1.82. The zero-order valence-corrected chi connectivity index (χ0v) is 13.8. The number of aryl methyl sites for hydroxylation is 1. The van der Waals surface area contributed by atoms with Crippen LogP contribution in [0.15, 0.2) is 59.5 Å². The van der Waals surface area contributed by atoms with E-state index in [9.17, 15) is 17.6 Å². The molecule has 0 aliphatic carbocycles. The van der Waals surface area contributed by atoms with Crippen LogP contribution in [0.1, 0.15) is 11.1 Å². The van der Waals surface area contributed by atoms with Gasteiger partial charge in [0.05, 0.1) is 13.2 Å². The van der Waals surface area contributed by atoms with Gasteiger partial charge in [-0.15, -0.1) is 0 Å². The number of carbonyl (C=O) groups is 1. The number of hydrogen-bond acceptors (Lipinski definition) is 5. The maximum atomic E-state index is 13.0. The quantitative estimate of drug-likeness (QED) is 0.359. The molecule has 0 saturated carbocycles. The number of rotatable bonds is 5. The summed E-state index contributed by atoms with van der Waals surface area (Å²) in [5, 5.41) is 0. The first-order valence-corrected chi connectivity index (χ1v) is 8.29. The van der Waals surface area contributed by atoms with Crippen molar-refractivity contribution in [2.75, 3.05) is 7.11 Å². The van der Waals surface area contributed by atoms with E-state index in [1.165, 1.54) is 24.3 Å². The average molecular weight is 350 g/mol. The van der Waals surface area contributed by atoms with Crippen molar-refractivity contribution in [1.82, 2.24) is 0 Å². The van der Waals surface area contributed by atoms with Crippen LogP contribution in [-0.4, -0.2) is 21.5 Å². The normalized spacial score (nSPS) is 11.9. The SMILES string of the molecule is COC(=O)/C=C(\OS(=O)(=O)c1ccc(C)cc1)c1ccc(F)cc1. The zero-order valence-electron chi connectivity index (χ0n) is 13.0. The number of ether oxygens (including phenoxy) is 1. The highest BCUT2D eigenvalue weighted by Gasteiger charge is 2.20. The molecule has 2 aromatic carbocycles. The highest BCUT2D eigenvalue weighted by molar-refractivity contribution is 7.87. The van der Waals surface area contributed by atoms with E-state index in [0.29, 0.717) is 0 Å². The monoisotopic (exact) mass is 350 g/mol. The number of carbonyl (C=O) groups excluding carboxylic acids is 1. The summed E-state index contributed by atoms with van der Waals surface area (Å²) >= 11 is 0. The third-order valence-electron chi connectivity index (χ3n) is 3.09. The molecule has 0 aromatic heterocycles. The first kappa shape index (κ1) is 17.7. The van der Waals surface area contributed by atoms with Gasteiger partial charge in [-0.3, -0.25) is 0 Å². The Kier molecular flexibility index (Phi) is 5.35. The fourth-order valence-corrected chi connectivity index (χ4v) is 2.75. The van der Waals surface area contributed by atoms with Crippen LogP contribution in [0.4, 0.5) is 4.39 Å². The standard InChI is InChI=1S/C17H15FO5S/c1-12-3-9-15(10-4-12)24(20,21)23-16(11-17(19)22-2)13-5-7-14(18)8-6-13/h3-11H,1-2H3/b16-11-. The molecule has 126 valence electrons. The first-order valence-electron chi connectivity index (χ1n) is 6.88. The minimum Gasteiger partial charge on any atom is -0.466 e. The van der Waals surface area contributed by atoms with E-state index in [1.54, 1.807) is 12.1 Å². The van der Waals surface area contributed by atoms with E-state index in [1.807, 2.05) is 6.92 Å². The Morgan fingerprint density at radius 3 is 2.17 bits per heavy atom. The Balaban J connectivity index is 2.41. The number of esters is 1. The smallest absolute Gasteiger partial charge is 0.339 e. The molecular formula is C17H15FO5S. The molecule has 0 aliphatic heterocycles. The number of methoxy groups -OCH3 is 1. The van der Waals surface area contributed by atoms with E-state index in [2.05, 4.69) is 4.74 Å². The van der Waals surface area contributed by atoms with Crippen LogP contribution in [0.5, 0.6) is 0 Å². The lowest BCUT2D eigenvalue weighted by molar-refractivity contribution is -0.134. The fourth-order valence-electron chi connectivity index (χ4n) is 1.81. The largest absolute Gasteiger partial charge is 0.466 e. The molecule has 0 saturated heterocycles. The Morgan fingerprint density at radius 2 is 1.62 bits per heavy atom. The minimum atomic E-state index is -4.16. The molecule has 7 heteroatoms. The molecule has 24 heavy (non-hydrogen) atoms. The second kappa shape index (κ2) is 7.27. The molecular weight excluding hydrogens is 335 g/mol. The zero-order chi connectivity index (χ0) is 17.7. The number of benzene rings is 2. The summed E-state index contributed by atoms with van der Waals surface area (Å²) in [6.07, 6.45) is 0.888. The van der Waals surface area contributed by atoms with E-state index in [4.69, 9.17) is 4.18 Å². The number of halogens is 1. The van der Waals surface area contributed by atoms with E-state index >= 15 is 0 Å². The van der Waals surface area contributed by atoms with Crippen molar-refractivity contribution < 1.29 is 26.5 Å². The van der Waals surface area contributed by atoms with Gasteiger partial charge in [-0.05, 0) is 43.3 Å². The van der Waals surface area contributed by atoms with Crippen LogP contribution < -0.4 is 0 Å². The first-order chi connectivity index (χ1) is 11.3. The van der Waals surface area contributed by atoms with Gasteiger partial charge in [0, 0.05) is 5.56 Å². The summed E-state index contributed by atoms with van der Waals surface area (Å²) in [5.41, 5.74) is 1.11. The maximum Gasteiger partial charge on any atom is 0.339 e. The van der Waals surface area contributed by atoms with E-state index < -0.39 is 21.9 Å². The van der Waals surface area contributed by atoms with Gasteiger partial charge in [0.15, 0.2) is 5.76 Å². The van der Waals surface area contributed by atoms with Crippen molar-refractivity contribution in [1.29, 1.82) is 0 Å². The van der Waals surface area contributed by atoms with Crippen LogP contribution in [0, 0.1) is 12.7 Å². The molecule has 0 bridgehead atoms. The Morgan fingerprint density at radius 1 is 1.04 bits per heavy atom. The maximum absolute atomic E-state index is 13.0. The van der Waals surface area contributed by atoms with Crippen LogP contribution in [0.2, 0.25) is 0 Å². The lowest BCUT2D eigenvalue weighted by Gasteiger charge is -2.11. The summed E-state index contributed by atoms with van der Waals surface area (Å²) in [4.78, 5) is 11.4. The summed E-state index contributed by atoms with van der Waals surface area (Å²) in [6, 6.07) is 10.9. The topological polar surface area (TPSA) is 69.7 Å². The van der Waals surface area contributed by atoms with Crippen molar-refractivity contribution in [2.24, 2.45) is 0 Å². The van der Waals surface area contributed by atoms with Gasteiger partial charge >= 0.3 is 16.1 Å². The molecule has 0 unspecified atom stereocenters. The predicted octanol–water partition coefficient (Wildman–Crippen LogP) is 3.05. The van der Waals surface area contributed by atoms with Crippen molar-refractivity contribution in [2.45, 2.75) is 11.8 Å². The van der Waals surface area contributed by atoms with E-state index in [0.717, 1.165) is 30.9 Å². The Labute approximate surface area is 139 Å². The fraction of sp³-hybridized carbons (Fsp3) is 0.118.